The van der Waals surface area contributed by atoms with Gasteiger partial charge in [-0.2, -0.15) is 5.10 Å². The van der Waals surface area contributed by atoms with Gasteiger partial charge >= 0.3 is 0 Å². The molecule has 1 fully saturated rings. The lowest BCUT2D eigenvalue weighted by Crippen LogP contribution is -2.50. The van der Waals surface area contributed by atoms with Gasteiger partial charge in [-0.15, -0.1) is 11.3 Å². The molecule has 0 radical (unpaired) electrons. The smallest absolute Gasteiger partial charge is 0.291 e. The molecule has 1 aliphatic heterocycles. The number of rotatable bonds is 3. The Labute approximate surface area is 155 Å². The van der Waals surface area contributed by atoms with E-state index in [-0.39, 0.29) is 11.5 Å². The highest BCUT2D eigenvalue weighted by molar-refractivity contribution is 7.17. The fraction of sp³-hybridized carbons (Fsp3) is 0.500. The van der Waals surface area contributed by atoms with Gasteiger partial charge in [-0.3, -0.25) is 14.0 Å². The van der Waals surface area contributed by atoms with Gasteiger partial charge in [-0.05, 0) is 37.9 Å². The van der Waals surface area contributed by atoms with E-state index >= 15 is 0 Å². The Morgan fingerprint density at radius 3 is 2.69 bits per heavy atom. The maximum Gasteiger partial charge on any atom is 0.291 e. The molecule has 0 aliphatic carbocycles. The number of thiophene rings is 1. The number of carbonyl (C=O) groups is 1. The van der Waals surface area contributed by atoms with Crippen LogP contribution < -0.4 is 5.56 Å². The van der Waals surface area contributed by atoms with Crippen LogP contribution in [0.2, 0.25) is 0 Å². The summed E-state index contributed by atoms with van der Waals surface area (Å²) >= 11 is 1.60. The largest absolute Gasteiger partial charge is 0.338 e. The van der Waals surface area contributed by atoms with E-state index in [4.69, 9.17) is 0 Å². The number of amides is 1. The highest BCUT2D eigenvalue weighted by Crippen LogP contribution is 2.25. The van der Waals surface area contributed by atoms with Crippen LogP contribution in [0.4, 0.5) is 0 Å². The van der Waals surface area contributed by atoms with Gasteiger partial charge in [-0.25, -0.2) is 4.68 Å². The molecule has 138 valence electrons. The Balaban J connectivity index is 1.77. The maximum absolute atomic E-state index is 13.1. The molecule has 3 aromatic rings. The Morgan fingerprint density at radius 1 is 1.27 bits per heavy atom. The van der Waals surface area contributed by atoms with Crippen LogP contribution in [0.1, 0.15) is 25.2 Å². The molecule has 0 N–H and O–H groups in total. The highest BCUT2D eigenvalue weighted by atomic mass is 32.1. The quantitative estimate of drug-likeness (QED) is 0.702. The average Bonchev–Trinajstić information content (AvgIpc) is 3.21. The third-order valence-electron chi connectivity index (χ3n) is 5.21. The molecular formula is C18H23N5O2S. The Hall–Kier alpha value is -2.19. The lowest BCUT2D eigenvalue weighted by atomic mass is 10.1. The zero-order valence-corrected chi connectivity index (χ0v) is 16.1. The van der Waals surface area contributed by atoms with Gasteiger partial charge < -0.3 is 9.80 Å². The summed E-state index contributed by atoms with van der Waals surface area (Å²) in [4.78, 5) is 30.2. The van der Waals surface area contributed by atoms with Crippen molar-refractivity contribution < 1.29 is 4.79 Å². The molecule has 1 saturated heterocycles. The molecular weight excluding hydrogens is 350 g/mol. The van der Waals surface area contributed by atoms with Gasteiger partial charge in [0.15, 0.2) is 0 Å². The van der Waals surface area contributed by atoms with Crippen LogP contribution in [-0.2, 0) is 4.79 Å². The molecule has 3 aromatic heterocycles. The highest BCUT2D eigenvalue weighted by Gasteiger charge is 2.29. The van der Waals surface area contributed by atoms with Crippen LogP contribution in [-0.4, -0.2) is 63.1 Å². The second-order valence-corrected chi connectivity index (χ2v) is 7.83. The molecule has 0 aromatic carbocycles. The first-order valence-electron chi connectivity index (χ1n) is 8.96. The van der Waals surface area contributed by atoms with Crippen molar-refractivity contribution in [1.82, 2.24) is 24.0 Å². The second kappa shape index (κ2) is 6.51. The van der Waals surface area contributed by atoms with Crippen LogP contribution in [0.5, 0.6) is 0 Å². The van der Waals surface area contributed by atoms with Crippen molar-refractivity contribution >= 4 is 33.0 Å². The third-order valence-corrected chi connectivity index (χ3v) is 6.06. The molecule has 0 spiro atoms. The van der Waals surface area contributed by atoms with Crippen molar-refractivity contribution in [2.45, 2.75) is 26.3 Å². The van der Waals surface area contributed by atoms with Crippen LogP contribution in [0.25, 0.3) is 15.7 Å². The molecule has 1 atom stereocenters. The summed E-state index contributed by atoms with van der Waals surface area (Å²) in [5.41, 5.74) is 1.38. The standard InChI is InChI=1S/C18H23N5O2S/c1-4-13(17(24)21-8-6-20(3)7-9-21)23-18(25)15-11-16-14(5-10-26-16)22(15)12(2)19-23/h5,10-11,13H,4,6-9H2,1-3H3. The minimum absolute atomic E-state index is 0.00711. The van der Waals surface area contributed by atoms with Crippen molar-refractivity contribution in [2.75, 3.05) is 33.2 Å². The predicted molar refractivity (Wildman–Crippen MR) is 103 cm³/mol. The molecule has 1 unspecified atom stereocenters. The van der Waals surface area contributed by atoms with E-state index in [0.717, 1.165) is 29.1 Å². The number of carbonyl (C=O) groups excluding carboxylic acids is 1. The first-order chi connectivity index (χ1) is 12.5. The predicted octanol–water partition coefficient (Wildman–Crippen LogP) is 1.74. The Kier molecular flexibility index (Phi) is 4.32. The van der Waals surface area contributed by atoms with E-state index < -0.39 is 6.04 Å². The normalized spacial score (nSPS) is 17.3. The van der Waals surface area contributed by atoms with E-state index in [9.17, 15) is 9.59 Å². The van der Waals surface area contributed by atoms with Gasteiger partial charge in [0, 0.05) is 26.2 Å². The molecule has 4 heterocycles. The Bertz CT molecular complexity index is 1030. The average molecular weight is 373 g/mol. The number of hydrogen-bond acceptors (Lipinski definition) is 5. The summed E-state index contributed by atoms with van der Waals surface area (Å²) in [7, 11) is 2.06. The van der Waals surface area contributed by atoms with Crippen LogP contribution in [0, 0.1) is 6.92 Å². The number of fused-ring (bicyclic) bond motifs is 3. The molecule has 0 bridgehead atoms. The lowest BCUT2D eigenvalue weighted by molar-refractivity contribution is -0.136. The van der Waals surface area contributed by atoms with Gasteiger partial charge in [0.05, 0.1) is 10.2 Å². The fourth-order valence-corrected chi connectivity index (χ4v) is 4.50. The van der Waals surface area contributed by atoms with Crippen LogP contribution >= 0.6 is 11.3 Å². The van der Waals surface area contributed by atoms with E-state index in [2.05, 4.69) is 17.0 Å². The summed E-state index contributed by atoms with van der Waals surface area (Å²) < 4.78 is 4.34. The summed E-state index contributed by atoms with van der Waals surface area (Å²) in [6, 6.07) is 3.35. The number of nitrogens with zero attached hydrogens (tertiary/aromatic N) is 5. The number of aryl methyl sites for hydroxylation is 1. The Morgan fingerprint density at radius 2 is 2.00 bits per heavy atom. The summed E-state index contributed by atoms with van der Waals surface area (Å²) in [6.45, 7) is 6.93. The molecule has 8 heteroatoms. The second-order valence-electron chi connectivity index (χ2n) is 6.88. The van der Waals surface area contributed by atoms with Crippen molar-refractivity contribution in [2.24, 2.45) is 0 Å². The van der Waals surface area contributed by atoms with Gasteiger partial charge in [-0.1, -0.05) is 6.92 Å². The van der Waals surface area contributed by atoms with Crippen molar-refractivity contribution in [3.63, 3.8) is 0 Å². The van der Waals surface area contributed by atoms with Gasteiger partial charge in [0.2, 0.25) is 5.91 Å². The van der Waals surface area contributed by atoms with E-state index in [1.54, 1.807) is 11.3 Å². The lowest BCUT2D eigenvalue weighted by Gasteiger charge is -2.34. The number of hydrogen-bond donors (Lipinski definition) is 0. The van der Waals surface area contributed by atoms with Crippen molar-refractivity contribution in [3.8, 4) is 0 Å². The fourth-order valence-electron chi connectivity index (χ4n) is 3.70. The zero-order chi connectivity index (χ0) is 18.4. The first kappa shape index (κ1) is 17.2. The minimum atomic E-state index is -0.553. The number of aromatic nitrogens is 3. The van der Waals surface area contributed by atoms with E-state index in [0.29, 0.717) is 25.0 Å². The summed E-state index contributed by atoms with van der Waals surface area (Å²) in [6.07, 6.45) is 0.544. The third kappa shape index (κ3) is 2.64. The van der Waals surface area contributed by atoms with Gasteiger partial charge in [0.1, 0.15) is 17.4 Å². The molecule has 26 heavy (non-hydrogen) atoms. The number of likely N-dealkylation sites (N-methyl/N-ethyl adjacent to an activating group) is 1. The zero-order valence-electron chi connectivity index (χ0n) is 15.3. The minimum Gasteiger partial charge on any atom is -0.338 e. The van der Waals surface area contributed by atoms with Crippen LogP contribution in [0.3, 0.4) is 0 Å². The molecule has 4 rings (SSSR count). The molecule has 0 saturated carbocycles. The SMILES string of the molecule is CCC(C(=O)N1CCN(C)CC1)n1nc(C)n2c(cc3sccc32)c1=O. The van der Waals surface area contributed by atoms with Crippen molar-refractivity contribution in [3.05, 3.63) is 33.7 Å². The molecule has 1 amide bonds. The molecule has 7 nitrogen and oxygen atoms in total. The van der Waals surface area contributed by atoms with E-state index in [1.165, 1.54) is 4.68 Å². The van der Waals surface area contributed by atoms with Crippen LogP contribution in [0.15, 0.2) is 22.3 Å². The maximum atomic E-state index is 13.1. The topological polar surface area (TPSA) is 62.9 Å². The summed E-state index contributed by atoms with van der Waals surface area (Å²) in [5, 5.41) is 6.53. The molecule has 1 aliphatic rings. The first-order valence-corrected chi connectivity index (χ1v) is 9.84. The van der Waals surface area contributed by atoms with Gasteiger partial charge in [0.25, 0.3) is 5.56 Å². The van der Waals surface area contributed by atoms with E-state index in [1.807, 2.05) is 40.7 Å². The monoisotopic (exact) mass is 373 g/mol. The number of piperazine rings is 1. The van der Waals surface area contributed by atoms with Crippen molar-refractivity contribution in [1.29, 1.82) is 0 Å². The summed E-state index contributed by atoms with van der Waals surface area (Å²) in [5.74, 6) is 0.713.